The highest BCUT2D eigenvalue weighted by atomic mass is 79.9. The lowest BCUT2D eigenvalue weighted by Gasteiger charge is -2.38. The van der Waals surface area contributed by atoms with Crippen LogP contribution in [-0.4, -0.2) is 21.9 Å². The number of carbonyl (C=O) groups excluding carboxylic acids is 1. The smallest absolute Gasteiger partial charge is 0.217 e. The Hall–Kier alpha value is -2.40. The Labute approximate surface area is 160 Å². The van der Waals surface area contributed by atoms with Gasteiger partial charge in [-0.3, -0.25) is 9.78 Å². The molecular formula is C21H20BrN3O. The molecule has 132 valence electrons. The zero-order chi connectivity index (χ0) is 18.3. The van der Waals surface area contributed by atoms with Crippen molar-refractivity contribution in [1.29, 1.82) is 0 Å². The zero-order valence-corrected chi connectivity index (χ0v) is 16.3. The minimum Gasteiger partial charge on any atom is -0.353 e. The summed E-state index contributed by atoms with van der Waals surface area (Å²) in [6.45, 7) is 3.69. The van der Waals surface area contributed by atoms with Gasteiger partial charge in [-0.15, -0.1) is 0 Å². The van der Waals surface area contributed by atoms with Gasteiger partial charge in [-0.05, 0) is 30.7 Å². The number of hydrogen-bond donors (Lipinski definition) is 2. The number of halogens is 1. The van der Waals surface area contributed by atoms with Gasteiger partial charge in [0.25, 0.3) is 0 Å². The van der Waals surface area contributed by atoms with Crippen LogP contribution < -0.4 is 5.32 Å². The molecule has 4 rings (SSSR count). The first-order valence-electron chi connectivity index (χ1n) is 8.74. The zero-order valence-electron chi connectivity index (χ0n) is 14.7. The summed E-state index contributed by atoms with van der Waals surface area (Å²) in [5.41, 5.74) is 2.68. The van der Waals surface area contributed by atoms with Crippen LogP contribution in [0.2, 0.25) is 0 Å². The lowest BCUT2D eigenvalue weighted by Crippen LogP contribution is -2.49. The molecule has 0 fully saturated rings. The SMILES string of the molecule is CC[C@@]1(c2nccc3c2[nH]c2ccc(Br)cc23)C=CC=CC1NC(C)=O. The van der Waals surface area contributed by atoms with Crippen LogP contribution in [0.5, 0.6) is 0 Å². The molecule has 26 heavy (non-hydrogen) atoms. The number of fused-ring (bicyclic) bond motifs is 3. The fourth-order valence-electron chi connectivity index (χ4n) is 3.95. The molecule has 1 unspecified atom stereocenters. The number of hydrogen-bond acceptors (Lipinski definition) is 2. The normalized spacial score (nSPS) is 22.2. The average molecular weight is 410 g/mol. The summed E-state index contributed by atoms with van der Waals surface area (Å²) in [5.74, 6) is -0.0412. The third-order valence-corrected chi connectivity index (χ3v) is 5.72. The third kappa shape index (κ3) is 2.58. The summed E-state index contributed by atoms with van der Waals surface area (Å²) in [4.78, 5) is 20.1. The number of pyridine rings is 1. The molecular weight excluding hydrogens is 390 g/mol. The summed E-state index contributed by atoms with van der Waals surface area (Å²) < 4.78 is 1.05. The molecule has 0 bridgehead atoms. The number of H-pyrrole nitrogens is 1. The van der Waals surface area contributed by atoms with E-state index in [4.69, 9.17) is 4.98 Å². The second-order valence-electron chi connectivity index (χ2n) is 6.71. The van der Waals surface area contributed by atoms with Gasteiger partial charge in [-0.25, -0.2) is 0 Å². The van der Waals surface area contributed by atoms with Crippen molar-refractivity contribution in [3.63, 3.8) is 0 Å². The van der Waals surface area contributed by atoms with Gasteiger partial charge >= 0.3 is 0 Å². The number of nitrogens with zero attached hydrogens (tertiary/aromatic N) is 1. The summed E-state index contributed by atoms with van der Waals surface area (Å²) in [5, 5.41) is 5.40. The highest BCUT2D eigenvalue weighted by Gasteiger charge is 2.40. The van der Waals surface area contributed by atoms with Crippen molar-refractivity contribution in [3.8, 4) is 0 Å². The van der Waals surface area contributed by atoms with E-state index in [9.17, 15) is 4.79 Å². The Balaban J connectivity index is 1.99. The van der Waals surface area contributed by atoms with Crippen LogP contribution >= 0.6 is 15.9 Å². The van der Waals surface area contributed by atoms with Crippen molar-refractivity contribution in [2.45, 2.75) is 31.7 Å². The van der Waals surface area contributed by atoms with Crippen LogP contribution in [0.15, 0.2) is 59.2 Å². The maximum absolute atomic E-state index is 11.8. The molecule has 0 saturated heterocycles. The highest BCUT2D eigenvalue weighted by Crippen LogP contribution is 2.40. The Morgan fingerprint density at radius 3 is 2.92 bits per heavy atom. The molecule has 2 N–H and O–H groups in total. The predicted octanol–water partition coefficient (Wildman–Crippen LogP) is 4.76. The van der Waals surface area contributed by atoms with Gasteiger partial charge in [0.1, 0.15) is 0 Å². The van der Waals surface area contributed by atoms with Crippen LogP contribution in [-0.2, 0) is 10.2 Å². The van der Waals surface area contributed by atoms with Crippen LogP contribution in [0, 0.1) is 0 Å². The van der Waals surface area contributed by atoms with Gasteiger partial charge in [-0.1, -0.05) is 47.2 Å². The van der Waals surface area contributed by atoms with E-state index in [0.717, 1.165) is 38.4 Å². The molecule has 2 heterocycles. The van der Waals surface area contributed by atoms with Gasteiger partial charge in [0.15, 0.2) is 0 Å². The third-order valence-electron chi connectivity index (χ3n) is 5.23. The van der Waals surface area contributed by atoms with E-state index < -0.39 is 5.41 Å². The first kappa shape index (κ1) is 17.0. The molecule has 1 amide bonds. The second kappa shape index (κ2) is 6.40. The number of amides is 1. The molecule has 0 spiro atoms. The average Bonchev–Trinajstić information content (AvgIpc) is 3.00. The molecule has 5 heteroatoms. The molecule has 1 aliphatic rings. The maximum atomic E-state index is 11.8. The van der Waals surface area contributed by atoms with Crippen molar-refractivity contribution in [3.05, 3.63) is 64.9 Å². The van der Waals surface area contributed by atoms with E-state index in [-0.39, 0.29) is 11.9 Å². The first-order valence-corrected chi connectivity index (χ1v) is 9.54. The summed E-state index contributed by atoms with van der Waals surface area (Å²) in [7, 11) is 0. The predicted molar refractivity (Wildman–Crippen MR) is 109 cm³/mol. The first-order chi connectivity index (χ1) is 12.5. The quantitative estimate of drug-likeness (QED) is 0.654. The lowest BCUT2D eigenvalue weighted by atomic mass is 9.71. The number of aromatic amines is 1. The van der Waals surface area contributed by atoms with E-state index >= 15 is 0 Å². The van der Waals surface area contributed by atoms with Gasteiger partial charge < -0.3 is 10.3 Å². The Morgan fingerprint density at radius 2 is 2.15 bits per heavy atom. The fraction of sp³-hybridized carbons (Fsp3) is 0.238. The maximum Gasteiger partial charge on any atom is 0.217 e. The van der Waals surface area contributed by atoms with Crippen LogP contribution in [0.3, 0.4) is 0 Å². The van der Waals surface area contributed by atoms with Crippen molar-refractivity contribution >= 4 is 43.6 Å². The summed E-state index contributed by atoms with van der Waals surface area (Å²) >= 11 is 3.56. The molecule has 0 saturated carbocycles. The number of allylic oxidation sites excluding steroid dienone is 2. The molecule has 0 radical (unpaired) electrons. The van der Waals surface area contributed by atoms with Gasteiger partial charge in [-0.2, -0.15) is 0 Å². The number of carbonyl (C=O) groups is 1. The van der Waals surface area contributed by atoms with E-state index in [1.165, 1.54) is 0 Å². The summed E-state index contributed by atoms with van der Waals surface area (Å²) in [6.07, 6.45) is 10.9. The van der Waals surface area contributed by atoms with E-state index in [1.54, 1.807) is 6.92 Å². The van der Waals surface area contributed by atoms with Gasteiger partial charge in [0.05, 0.1) is 22.7 Å². The number of nitrogens with one attached hydrogen (secondary N) is 2. The second-order valence-corrected chi connectivity index (χ2v) is 7.63. The Kier molecular flexibility index (Phi) is 4.19. The largest absolute Gasteiger partial charge is 0.353 e. The highest BCUT2D eigenvalue weighted by molar-refractivity contribution is 9.10. The topological polar surface area (TPSA) is 57.8 Å². The van der Waals surface area contributed by atoms with Gasteiger partial charge in [0.2, 0.25) is 5.91 Å². The Morgan fingerprint density at radius 1 is 1.31 bits per heavy atom. The monoisotopic (exact) mass is 409 g/mol. The molecule has 0 aliphatic heterocycles. The van der Waals surface area contributed by atoms with Crippen LogP contribution in [0.1, 0.15) is 26.0 Å². The molecule has 2 atom stereocenters. The number of benzene rings is 1. The minimum atomic E-state index is -0.391. The molecule has 4 nitrogen and oxygen atoms in total. The molecule has 2 aromatic heterocycles. The standard InChI is InChI=1S/C21H20BrN3O/c1-3-21(10-5-4-6-18(21)24-13(2)26)20-19-15(9-11-23-20)16-12-14(22)7-8-17(16)25-19/h4-12,18,25H,3H2,1-2H3,(H,24,26)/t18?,21-/m1/s1. The fourth-order valence-corrected chi connectivity index (χ4v) is 4.31. The van der Waals surface area contributed by atoms with Crippen LogP contribution in [0.4, 0.5) is 0 Å². The molecule has 1 aromatic carbocycles. The van der Waals surface area contributed by atoms with Crippen molar-refractivity contribution in [2.75, 3.05) is 0 Å². The van der Waals surface area contributed by atoms with Crippen molar-refractivity contribution in [1.82, 2.24) is 15.3 Å². The van der Waals surface area contributed by atoms with Crippen LogP contribution in [0.25, 0.3) is 21.8 Å². The lowest BCUT2D eigenvalue weighted by molar-refractivity contribution is -0.119. The Bertz CT molecular complexity index is 1070. The van der Waals surface area contributed by atoms with Crippen molar-refractivity contribution in [2.24, 2.45) is 0 Å². The summed E-state index contributed by atoms with van der Waals surface area (Å²) in [6, 6.07) is 8.14. The van der Waals surface area contributed by atoms with Gasteiger partial charge in [0, 0.05) is 33.9 Å². The number of rotatable bonds is 3. The molecule has 1 aliphatic carbocycles. The minimum absolute atomic E-state index is 0.0412. The molecule has 3 aromatic rings. The van der Waals surface area contributed by atoms with E-state index in [0.29, 0.717) is 0 Å². The van der Waals surface area contributed by atoms with Crippen molar-refractivity contribution < 1.29 is 4.79 Å². The number of aromatic nitrogens is 2. The van der Waals surface area contributed by atoms with E-state index in [1.807, 2.05) is 36.6 Å². The van der Waals surface area contributed by atoms with E-state index in [2.05, 4.69) is 51.4 Å².